The molecule has 0 aliphatic carbocycles. The van der Waals surface area contributed by atoms with E-state index in [1.165, 1.54) is 18.1 Å². The first-order chi connectivity index (χ1) is 17.1. The van der Waals surface area contributed by atoms with Gasteiger partial charge < -0.3 is 19.1 Å². The number of hydrogen-bond donors (Lipinski definition) is 2. The van der Waals surface area contributed by atoms with E-state index >= 15 is 0 Å². The lowest BCUT2D eigenvalue weighted by Crippen LogP contribution is -2.52. The van der Waals surface area contributed by atoms with E-state index in [2.05, 4.69) is 15.4 Å². The number of rotatable bonds is 7. The fourth-order valence-corrected chi connectivity index (χ4v) is 4.06. The first kappa shape index (κ1) is 24.8. The molecule has 0 bridgehead atoms. The molecule has 4 rings (SSSR count). The molecule has 0 aromatic heterocycles. The molecule has 13 heteroatoms. The van der Waals surface area contributed by atoms with Crippen molar-refractivity contribution >= 4 is 29.5 Å². The van der Waals surface area contributed by atoms with Crippen LogP contribution in [0.1, 0.15) is 34.3 Å². The average Bonchev–Trinajstić information content (AvgIpc) is 3.12. The van der Waals surface area contributed by atoms with Crippen LogP contribution in [0.15, 0.2) is 30.3 Å². The molecule has 2 aliphatic heterocycles. The lowest BCUT2D eigenvalue weighted by Gasteiger charge is -2.29. The molecule has 0 spiro atoms. The predicted octanol–water partition coefficient (Wildman–Crippen LogP) is 2.95. The molecule has 2 aromatic rings. The largest absolute Gasteiger partial charge is 0.496 e. The van der Waals surface area contributed by atoms with Crippen LogP contribution in [0.4, 0.5) is 23.7 Å². The van der Waals surface area contributed by atoms with Gasteiger partial charge in [0.2, 0.25) is 11.8 Å². The summed E-state index contributed by atoms with van der Waals surface area (Å²) in [6.07, 6.45) is -0.699. The number of hydrogen-bond acceptors (Lipinski definition) is 7. The number of fused-ring (bicyclic) bond motifs is 1. The number of halogens is 3. The first-order valence-corrected chi connectivity index (χ1v) is 10.7. The summed E-state index contributed by atoms with van der Waals surface area (Å²) in [5.41, 5.74) is 1.03. The number of amides is 4. The number of piperidine rings is 1. The van der Waals surface area contributed by atoms with Gasteiger partial charge in [-0.1, -0.05) is 0 Å². The number of ether oxygens (including phenoxy) is 3. The van der Waals surface area contributed by atoms with Gasteiger partial charge in [-0.15, -0.1) is 0 Å². The zero-order valence-electron chi connectivity index (χ0n) is 18.8. The minimum Gasteiger partial charge on any atom is -0.496 e. The monoisotopic (exact) mass is 507 g/mol. The van der Waals surface area contributed by atoms with Gasteiger partial charge in [-0.3, -0.25) is 25.0 Å². The van der Waals surface area contributed by atoms with Crippen LogP contribution < -0.4 is 20.1 Å². The molecule has 0 saturated carbocycles. The molecule has 4 amide bonds. The molecule has 36 heavy (non-hydrogen) atoms. The second-order valence-electron chi connectivity index (χ2n) is 7.98. The van der Waals surface area contributed by atoms with E-state index in [1.54, 1.807) is 6.07 Å². The summed E-state index contributed by atoms with van der Waals surface area (Å²) in [6.45, 7) is -3.37. The summed E-state index contributed by atoms with van der Waals surface area (Å²) in [7, 11) is 1.40. The molecule has 10 nitrogen and oxygen atoms in total. The Labute approximate surface area is 202 Å². The van der Waals surface area contributed by atoms with Gasteiger partial charge in [-0.05, 0) is 30.2 Å². The molecule has 1 saturated heterocycles. The smallest absolute Gasteiger partial charge is 0.411 e. The molecular formula is C23H20F3N3O7. The van der Waals surface area contributed by atoms with E-state index in [9.17, 15) is 32.3 Å². The minimum absolute atomic E-state index is 0.105. The predicted molar refractivity (Wildman–Crippen MR) is 116 cm³/mol. The standard InChI is InChI=1S/C23H20F3N3O7/c1-34-18-5-11(10-35-23(33)27-13-6-12(24)7-14(8-13)36-22(25)26)4-15-16(18)9-29(21(15)32)17-2-3-19(30)28-20(17)31/h4-8,17,22H,2-3,9-10H2,1H3,(H,27,33)(H,28,30,31). The highest BCUT2D eigenvalue weighted by atomic mass is 19.3. The molecule has 1 atom stereocenters. The third kappa shape index (κ3) is 5.34. The van der Waals surface area contributed by atoms with E-state index in [4.69, 9.17) is 9.47 Å². The van der Waals surface area contributed by atoms with Crippen molar-refractivity contribution in [3.63, 3.8) is 0 Å². The molecular weight excluding hydrogens is 487 g/mol. The van der Waals surface area contributed by atoms with Crippen LogP contribution in [0.25, 0.3) is 0 Å². The molecule has 2 aromatic carbocycles. The minimum atomic E-state index is -3.17. The Hall–Kier alpha value is -4.29. The summed E-state index contributed by atoms with van der Waals surface area (Å²) in [6, 6.07) is 4.87. The maximum Gasteiger partial charge on any atom is 0.411 e. The van der Waals surface area contributed by atoms with Crippen molar-refractivity contribution < 1.29 is 46.6 Å². The van der Waals surface area contributed by atoms with Crippen LogP contribution >= 0.6 is 0 Å². The number of carbonyl (C=O) groups is 4. The van der Waals surface area contributed by atoms with Crippen LogP contribution in [0.5, 0.6) is 11.5 Å². The number of alkyl halides is 2. The summed E-state index contributed by atoms with van der Waals surface area (Å²) in [4.78, 5) is 50.3. The Morgan fingerprint density at radius 2 is 1.97 bits per heavy atom. The zero-order chi connectivity index (χ0) is 26.0. The van der Waals surface area contributed by atoms with Crippen molar-refractivity contribution in [3.05, 3.63) is 52.8 Å². The highest BCUT2D eigenvalue weighted by Crippen LogP contribution is 2.35. The van der Waals surface area contributed by atoms with Crippen LogP contribution in [0.3, 0.4) is 0 Å². The van der Waals surface area contributed by atoms with Crippen LogP contribution in [-0.2, 0) is 27.5 Å². The third-order valence-corrected chi connectivity index (χ3v) is 5.61. The van der Waals surface area contributed by atoms with Gasteiger partial charge in [0.05, 0.1) is 19.3 Å². The summed E-state index contributed by atoms with van der Waals surface area (Å²) < 4.78 is 53.0. The normalized spacial score (nSPS) is 17.1. The number of methoxy groups -OCH3 is 1. The second kappa shape index (κ2) is 10.1. The zero-order valence-corrected chi connectivity index (χ0v) is 18.8. The van der Waals surface area contributed by atoms with Gasteiger partial charge >= 0.3 is 12.7 Å². The lowest BCUT2D eigenvalue weighted by molar-refractivity contribution is -0.136. The van der Waals surface area contributed by atoms with Crippen LogP contribution in [-0.4, -0.2) is 48.5 Å². The summed E-state index contributed by atoms with van der Waals surface area (Å²) >= 11 is 0. The number of nitrogens with one attached hydrogen (secondary N) is 2. The third-order valence-electron chi connectivity index (χ3n) is 5.61. The maximum atomic E-state index is 13.6. The second-order valence-corrected chi connectivity index (χ2v) is 7.98. The van der Waals surface area contributed by atoms with Gasteiger partial charge in [-0.25, -0.2) is 9.18 Å². The van der Waals surface area contributed by atoms with Gasteiger partial charge in [0.25, 0.3) is 5.91 Å². The highest BCUT2D eigenvalue weighted by molar-refractivity contribution is 6.05. The van der Waals surface area contributed by atoms with E-state index in [0.29, 0.717) is 16.9 Å². The molecule has 2 heterocycles. The topological polar surface area (TPSA) is 123 Å². The SMILES string of the molecule is COc1cc(COC(=O)Nc2cc(F)cc(OC(F)F)c2)cc2c1CN(C1CCC(=O)NC1=O)C2=O. The van der Waals surface area contributed by atoms with E-state index < -0.39 is 48.0 Å². The number of nitrogens with zero attached hydrogens (tertiary/aromatic N) is 1. The van der Waals surface area contributed by atoms with E-state index in [-0.39, 0.29) is 37.2 Å². The van der Waals surface area contributed by atoms with Crippen LogP contribution in [0, 0.1) is 5.82 Å². The molecule has 2 N–H and O–H groups in total. The Kier molecular flexibility index (Phi) is 6.99. The quantitative estimate of drug-likeness (QED) is 0.553. The molecule has 1 unspecified atom stereocenters. The average molecular weight is 507 g/mol. The van der Waals surface area contributed by atoms with Crippen molar-refractivity contribution in [3.8, 4) is 11.5 Å². The highest BCUT2D eigenvalue weighted by Gasteiger charge is 2.40. The maximum absolute atomic E-state index is 13.6. The molecule has 0 radical (unpaired) electrons. The fourth-order valence-electron chi connectivity index (χ4n) is 4.06. The van der Waals surface area contributed by atoms with Crippen molar-refractivity contribution in [2.45, 2.75) is 38.6 Å². The number of imide groups is 1. The molecule has 2 aliphatic rings. The number of benzene rings is 2. The van der Waals surface area contributed by atoms with Gasteiger partial charge in [0.15, 0.2) is 0 Å². The first-order valence-electron chi connectivity index (χ1n) is 10.7. The van der Waals surface area contributed by atoms with E-state index in [0.717, 1.165) is 18.2 Å². The summed E-state index contributed by atoms with van der Waals surface area (Å²) in [5.74, 6) is -2.43. The number of anilines is 1. The molecule has 1 fully saturated rings. The van der Waals surface area contributed by atoms with Gasteiger partial charge in [-0.2, -0.15) is 8.78 Å². The van der Waals surface area contributed by atoms with Crippen molar-refractivity contribution in [1.29, 1.82) is 0 Å². The van der Waals surface area contributed by atoms with Crippen molar-refractivity contribution in [2.75, 3.05) is 12.4 Å². The van der Waals surface area contributed by atoms with Gasteiger partial charge in [0, 0.05) is 29.7 Å². The Balaban J connectivity index is 1.44. The van der Waals surface area contributed by atoms with Crippen molar-refractivity contribution in [1.82, 2.24) is 10.2 Å². The Morgan fingerprint density at radius 1 is 1.19 bits per heavy atom. The Bertz CT molecular complexity index is 1240. The Morgan fingerprint density at radius 3 is 2.67 bits per heavy atom. The van der Waals surface area contributed by atoms with Crippen molar-refractivity contribution in [2.24, 2.45) is 0 Å². The number of carbonyl (C=O) groups excluding carboxylic acids is 4. The van der Waals surface area contributed by atoms with Gasteiger partial charge in [0.1, 0.15) is 30.0 Å². The molecule has 190 valence electrons. The van der Waals surface area contributed by atoms with E-state index in [1.807, 2.05) is 0 Å². The van der Waals surface area contributed by atoms with Crippen LogP contribution in [0.2, 0.25) is 0 Å². The summed E-state index contributed by atoms with van der Waals surface area (Å²) in [5, 5.41) is 4.44. The lowest BCUT2D eigenvalue weighted by atomic mass is 10.0. The fraction of sp³-hybridized carbons (Fsp3) is 0.304.